The lowest BCUT2D eigenvalue weighted by Gasteiger charge is -2.43. The quantitative estimate of drug-likeness (QED) is 0.813. The van der Waals surface area contributed by atoms with Gasteiger partial charge in [0.25, 0.3) is 5.91 Å². The van der Waals surface area contributed by atoms with Gasteiger partial charge in [-0.1, -0.05) is 54.2 Å². The topological polar surface area (TPSA) is 56.7 Å². The average molecular weight is 368 g/mol. The molecule has 2 aliphatic rings. The number of anilines is 1. The van der Waals surface area contributed by atoms with Gasteiger partial charge >= 0.3 is 0 Å². The highest BCUT2D eigenvalue weighted by atomic mass is 32.2. The molecule has 1 amide bonds. The van der Waals surface area contributed by atoms with E-state index < -0.39 is 12.2 Å². The molecule has 0 spiro atoms. The fourth-order valence-corrected chi connectivity index (χ4v) is 3.77. The van der Waals surface area contributed by atoms with Gasteiger partial charge in [0.2, 0.25) is 0 Å². The van der Waals surface area contributed by atoms with Crippen molar-refractivity contribution in [2.75, 3.05) is 11.1 Å². The molecule has 2 aromatic carbocycles. The molecule has 2 heterocycles. The Balaban J connectivity index is 1.83. The molecule has 0 saturated heterocycles. The number of thioether (sulfide) groups is 1. The van der Waals surface area contributed by atoms with Crippen LogP contribution in [-0.4, -0.2) is 21.8 Å². The first-order chi connectivity index (χ1) is 12.7. The maximum Gasteiger partial charge on any atom is 0.255 e. The van der Waals surface area contributed by atoms with Crippen LogP contribution in [0, 0.1) is 5.82 Å². The summed E-state index contributed by atoms with van der Waals surface area (Å²) in [5.41, 5.74) is 2.06. The minimum atomic E-state index is -0.620. The summed E-state index contributed by atoms with van der Waals surface area (Å²) in [5, 5.41) is 12.9. The van der Waals surface area contributed by atoms with E-state index in [0.717, 1.165) is 11.3 Å². The van der Waals surface area contributed by atoms with E-state index in [2.05, 4.69) is 22.3 Å². The van der Waals surface area contributed by atoms with E-state index in [1.807, 2.05) is 24.3 Å². The Morgan fingerprint density at radius 3 is 2.69 bits per heavy atom. The number of nitrogens with zero attached hydrogens (tertiary/aromatic N) is 2. The predicted octanol–water partition coefficient (Wildman–Crippen LogP) is 3.61. The number of hydrogen-bond donors (Lipinski definition) is 2. The van der Waals surface area contributed by atoms with Gasteiger partial charge in [-0.25, -0.2) is 4.39 Å². The molecule has 2 aromatic rings. The molecule has 2 N–H and O–H groups in total. The van der Waals surface area contributed by atoms with Crippen LogP contribution < -0.4 is 10.6 Å². The minimum Gasteiger partial charge on any atom is -0.360 e. The number of benzene rings is 2. The normalized spacial score (nSPS) is 21.0. The van der Waals surface area contributed by atoms with E-state index in [1.54, 1.807) is 29.3 Å². The van der Waals surface area contributed by atoms with Crippen LogP contribution in [0.4, 0.5) is 10.1 Å². The van der Waals surface area contributed by atoms with Gasteiger partial charge < -0.3 is 10.6 Å². The number of para-hydroxylation sites is 1. The van der Waals surface area contributed by atoms with Crippen molar-refractivity contribution in [3.8, 4) is 0 Å². The van der Waals surface area contributed by atoms with Gasteiger partial charge in [-0.2, -0.15) is 0 Å². The fourth-order valence-electron chi connectivity index (χ4n) is 3.17. The number of nitrogens with one attached hydrogen (secondary N) is 2. The number of rotatable bonds is 3. The molecule has 0 aliphatic carbocycles. The summed E-state index contributed by atoms with van der Waals surface area (Å²) >= 11 is 1.38. The van der Waals surface area contributed by atoms with Crippen molar-refractivity contribution in [1.82, 2.24) is 10.3 Å². The number of carbonyl (C=O) groups is 1. The summed E-state index contributed by atoms with van der Waals surface area (Å²) < 4.78 is 14.5. The monoisotopic (exact) mass is 368 g/mol. The van der Waals surface area contributed by atoms with Crippen molar-refractivity contribution in [3.05, 3.63) is 78.1 Å². The largest absolute Gasteiger partial charge is 0.360 e. The number of hydrogen-bond acceptors (Lipinski definition) is 5. The van der Waals surface area contributed by atoms with Gasteiger partial charge in [0.1, 0.15) is 12.0 Å². The average Bonchev–Trinajstić information content (AvgIpc) is 2.66. The molecule has 7 heteroatoms. The lowest BCUT2D eigenvalue weighted by Crippen LogP contribution is -2.51. The van der Waals surface area contributed by atoms with Gasteiger partial charge in [0.05, 0.1) is 0 Å². The maximum atomic E-state index is 14.5. The number of amidine groups is 1. The van der Waals surface area contributed by atoms with Crippen molar-refractivity contribution in [2.45, 2.75) is 12.2 Å². The third-order valence-corrected chi connectivity index (χ3v) is 5.16. The Bertz CT molecular complexity index is 901. The zero-order chi connectivity index (χ0) is 18.1. The van der Waals surface area contributed by atoms with Crippen LogP contribution in [0.2, 0.25) is 0 Å². The molecule has 2 aliphatic heterocycles. The standard InChI is InChI=1S/C19H17FN4OS/c1-2-11-26-19-22-18(25)16-13-8-4-6-10-15(13)21-17(24(16)23-19)12-7-3-5-9-14(12)20/h2-10,16-17,21H,1,11H2,(H,22,23,25)/t16-,17+/m1/s1. The van der Waals surface area contributed by atoms with Gasteiger partial charge in [-0.3, -0.25) is 9.80 Å². The van der Waals surface area contributed by atoms with Gasteiger partial charge in [-0.15, -0.1) is 11.7 Å². The second kappa shape index (κ2) is 6.84. The van der Waals surface area contributed by atoms with Crippen LogP contribution in [-0.2, 0) is 4.79 Å². The smallest absolute Gasteiger partial charge is 0.255 e. The van der Waals surface area contributed by atoms with Gasteiger partial charge in [0, 0.05) is 22.6 Å². The van der Waals surface area contributed by atoms with Crippen LogP contribution >= 0.6 is 11.8 Å². The first kappa shape index (κ1) is 16.7. The first-order valence-corrected chi connectivity index (χ1v) is 9.19. The highest BCUT2D eigenvalue weighted by Gasteiger charge is 2.42. The van der Waals surface area contributed by atoms with Crippen molar-refractivity contribution in [2.24, 2.45) is 5.10 Å². The summed E-state index contributed by atoms with van der Waals surface area (Å²) in [6.07, 6.45) is 1.16. The summed E-state index contributed by atoms with van der Waals surface area (Å²) in [6, 6.07) is 13.4. The zero-order valence-corrected chi connectivity index (χ0v) is 14.7. The fraction of sp³-hybridized carbons (Fsp3) is 0.158. The summed E-state index contributed by atoms with van der Waals surface area (Å²) in [5.74, 6) is 0.0953. The van der Waals surface area contributed by atoms with E-state index in [9.17, 15) is 9.18 Å². The van der Waals surface area contributed by atoms with Gasteiger partial charge in [0.15, 0.2) is 11.2 Å². The number of carbonyl (C=O) groups excluding carboxylic acids is 1. The number of fused-ring (bicyclic) bond motifs is 3. The van der Waals surface area contributed by atoms with Crippen molar-refractivity contribution in [3.63, 3.8) is 0 Å². The molecular weight excluding hydrogens is 351 g/mol. The van der Waals surface area contributed by atoms with Crippen LogP contribution in [0.3, 0.4) is 0 Å². The molecule has 2 atom stereocenters. The Hall–Kier alpha value is -2.80. The first-order valence-electron chi connectivity index (χ1n) is 8.20. The highest BCUT2D eigenvalue weighted by molar-refractivity contribution is 8.14. The van der Waals surface area contributed by atoms with E-state index >= 15 is 0 Å². The summed E-state index contributed by atoms with van der Waals surface area (Å²) in [4.78, 5) is 12.8. The molecule has 5 nitrogen and oxygen atoms in total. The van der Waals surface area contributed by atoms with E-state index in [1.165, 1.54) is 17.8 Å². The van der Waals surface area contributed by atoms with Gasteiger partial charge in [-0.05, 0) is 12.1 Å². The number of amides is 1. The molecule has 0 fully saturated rings. The SMILES string of the molecule is C=CCSC1=NN2[C@@H](c3ccccc3F)Nc3ccccc3[C@@H]2C(=O)N1. The maximum absolute atomic E-state index is 14.5. The summed E-state index contributed by atoms with van der Waals surface area (Å²) in [6.45, 7) is 3.69. The van der Waals surface area contributed by atoms with Crippen molar-refractivity contribution in [1.29, 1.82) is 0 Å². The third kappa shape index (κ3) is 2.84. The third-order valence-electron chi connectivity index (χ3n) is 4.30. The number of halogens is 1. The zero-order valence-electron chi connectivity index (χ0n) is 13.9. The molecule has 4 rings (SSSR count). The summed E-state index contributed by atoms with van der Waals surface area (Å²) in [7, 11) is 0. The van der Waals surface area contributed by atoms with Crippen LogP contribution in [0.15, 0.2) is 66.3 Å². The highest BCUT2D eigenvalue weighted by Crippen LogP contribution is 2.42. The van der Waals surface area contributed by atoms with Crippen LogP contribution in [0.5, 0.6) is 0 Å². The Kier molecular flexibility index (Phi) is 4.38. The Morgan fingerprint density at radius 2 is 1.92 bits per heavy atom. The molecule has 0 radical (unpaired) electrons. The van der Waals surface area contributed by atoms with Crippen LogP contribution in [0.1, 0.15) is 23.3 Å². The molecule has 0 aromatic heterocycles. The second-order valence-corrected chi connectivity index (χ2v) is 6.94. The molecule has 0 unspecified atom stereocenters. The number of hydrazone groups is 1. The lowest BCUT2D eigenvalue weighted by atomic mass is 9.97. The van der Waals surface area contributed by atoms with Crippen molar-refractivity contribution < 1.29 is 9.18 Å². The van der Waals surface area contributed by atoms with E-state index in [-0.39, 0.29) is 11.7 Å². The Morgan fingerprint density at radius 1 is 1.19 bits per heavy atom. The molecule has 26 heavy (non-hydrogen) atoms. The lowest BCUT2D eigenvalue weighted by molar-refractivity contribution is -0.127. The van der Waals surface area contributed by atoms with Crippen LogP contribution in [0.25, 0.3) is 0 Å². The van der Waals surface area contributed by atoms with Crippen molar-refractivity contribution >= 4 is 28.5 Å². The predicted molar refractivity (Wildman–Crippen MR) is 102 cm³/mol. The molecule has 0 saturated carbocycles. The Labute approximate surface area is 155 Å². The second-order valence-electron chi connectivity index (χ2n) is 5.93. The van der Waals surface area contributed by atoms with E-state index in [4.69, 9.17) is 0 Å². The minimum absolute atomic E-state index is 0.179. The molecule has 132 valence electrons. The molecular formula is C19H17FN4OS. The molecule has 0 bridgehead atoms. The van der Waals surface area contributed by atoms with E-state index in [0.29, 0.717) is 16.5 Å².